The van der Waals surface area contributed by atoms with Gasteiger partial charge in [0.2, 0.25) is 10.0 Å². The number of hydrogen-bond acceptors (Lipinski definition) is 5. The number of ketones is 1. The number of nitrogens with zero attached hydrogens (tertiary/aromatic N) is 1. The van der Waals surface area contributed by atoms with Gasteiger partial charge >= 0.3 is 5.97 Å². The highest BCUT2D eigenvalue weighted by molar-refractivity contribution is 7.89. The molecule has 148 valence electrons. The van der Waals surface area contributed by atoms with Crippen LogP contribution >= 0.6 is 0 Å². The lowest BCUT2D eigenvalue weighted by molar-refractivity contribution is -0.136. The summed E-state index contributed by atoms with van der Waals surface area (Å²) in [7, 11) is -3.82. The second kappa shape index (κ2) is 8.76. The molecule has 3 aromatic rings. The van der Waals surface area contributed by atoms with Gasteiger partial charge in [0, 0.05) is 23.7 Å². The largest absolute Gasteiger partial charge is 0.481 e. The van der Waals surface area contributed by atoms with Gasteiger partial charge < -0.3 is 5.11 Å². The first kappa shape index (κ1) is 20.4. The van der Waals surface area contributed by atoms with E-state index in [9.17, 15) is 18.0 Å². The number of aromatic nitrogens is 1. The zero-order chi connectivity index (χ0) is 20.9. The van der Waals surface area contributed by atoms with Gasteiger partial charge in [-0.3, -0.25) is 14.6 Å². The lowest BCUT2D eigenvalue weighted by atomic mass is 10.1. The molecule has 8 heteroatoms. The molecule has 0 aliphatic rings. The van der Waals surface area contributed by atoms with Crippen LogP contribution in [0.25, 0.3) is 17.0 Å². The number of carbonyl (C=O) groups is 2. The van der Waals surface area contributed by atoms with Crippen LogP contribution < -0.4 is 4.72 Å². The number of carboxylic acid groups (broad SMARTS) is 1. The average molecular weight is 410 g/mol. The van der Waals surface area contributed by atoms with E-state index in [1.807, 2.05) is 30.3 Å². The molecular formula is C21H18N2O5S. The van der Waals surface area contributed by atoms with E-state index in [1.54, 1.807) is 12.3 Å². The van der Waals surface area contributed by atoms with Crippen LogP contribution in [-0.2, 0) is 14.8 Å². The van der Waals surface area contributed by atoms with E-state index in [1.165, 1.54) is 30.3 Å². The van der Waals surface area contributed by atoms with Crippen LogP contribution in [0.1, 0.15) is 22.3 Å². The molecule has 1 aromatic heterocycles. The fraction of sp³-hybridized carbons (Fsp3) is 0.0952. The molecule has 7 nitrogen and oxygen atoms in total. The Morgan fingerprint density at radius 3 is 2.55 bits per heavy atom. The number of carbonyl (C=O) groups excluding carboxylic acids is 1. The third-order valence-electron chi connectivity index (χ3n) is 4.13. The Morgan fingerprint density at radius 1 is 1.07 bits per heavy atom. The number of fused-ring (bicyclic) bond motifs is 1. The number of pyridine rings is 1. The van der Waals surface area contributed by atoms with Crippen molar-refractivity contribution in [3.8, 4) is 0 Å². The molecule has 0 unspecified atom stereocenters. The van der Waals surface area contributed by atoms with Gasteiger partial charge in [0.25, 0.3) is 0 Å². The van der Waals surface area contributed by atoms with Crippen molar-refractivity contribution in [2.75, 3.05) is 6.54 Å². The normalized spacial score (nSPS) is 11.7. The predicted octanol–water partition coefficient (Wildman–Crippen LogP) is 2.88. The summed E-state index contributed by atoms with van der Waals surface area (Å²) in [5, 5.41) is 9.55. The Kier molecular flexibility index (Phi) is 6.16. The Hall–Kier alpha value is -3.36. The highest BCUT2D eigenvalue weighted by Gasteiger charge is 2.14. The highest BCUT2D eigenvalue weighted by atomic mass is 32.2. The molecule has 0 aliphatic heterocycles. The summed E-state index contributed by atoms with van der Waals surface area (Å²) in [4.78, 5) is 27.1. The van der Waals surface area contributed by atoms with E-state index in [-0.39, 0.29) is 23.6 Å². The monoisotopic (exact) mass is 410 g/mol. The van der Waals surface area contributed by atoms with Crippen LogP contribution in [0.3, 0.4) is 0 Å². The van der Waals surface area contributed by atoms with Crippen molar-refractivity contribution in [1.82, 2.24) is 9.71 Å². The Morgan fingerprint density at radius 2 is 1.83 bits per heavy atom. The number of rotatable bonds is 8. The molecule has 0 saturated carbocycles. The minimum absolute atomic E-state index is 0.0366. The molecule has 0 atom stereocenters. The number of benzene rings is 2. The lowest BCUT2D eigenvalue weighted by Gasteiger charge is -2.06. The molecule has 3 rings (SSSR count). The SMILES string of the molecule is O=C(O)CCNS(=O)(=O)c1ccc(C(=O)/C=C/c2ccc3ncccc3c2)cc1. The van der Waals surface area contributed by atoms with Gasteiger partial charge in [-0.25, -0.2) is 13.1 Å². The fourth-order valence-corrected chi connectivity index (χ4v) is 3.67. The van der Waals surface area contributed by atoms with Crippen molar-refractivity contribution in [2.24, 2.45) is 0 Å². The summed E-state index contributed by atoms with van der Waals surface area (Å²) in [6.45, 7) is -0.206. The van der Waals surface area contributed by atoms with Gasteiger partial charge in [-0.2, -0.15) is 0 Å². The zero-order valence-electron chi connectivity index (χ0n) is 15.3. The van der Waals surface area contributed by atoms with E-state index in [4.69, 9.17) is 5.11 Å². The minimum atomic E-state index is -3.82. The number of allylic oxidation sites excluding steroid dienone is 1. The average Bonchev–Trinajstić information content (AvgIpc) is 2.71. The van der Waals surface area contributed by atoms with E-state index >= 15 is 0 Å². The van der Waals surface area contributed by atoms with Gasteiger partial charge in [-0.15, -0.1) is 0 Å². The van der Waals surface area contributed by atoms with Gasteiger partial charge in [0.1, 0.15) is 0 Å². The predicted molar refractivity (Wildman–Crippen MR) is 109 cm³/mol. The summed E-state index contributed by atoms with van der Waals surface area (Å²) in [6, 6.07) is 14.9. The Labute approximate surface area is 167 Å². The highest BCUT2D eigenvalue weighted by Crippen LogP contribution is 2.16. The number of aliphatic carboxylic acids is 1. The quantitative estimate of drug-likeness (QED) is 0.436. The van der Waals surface area contributed by atoms with Gasteiger partial charge in [0.15, 0.2) is 5.78 Å². The second-order valence-corrected chi connectivity index (χ2v) is 7.99. The van der Waals surface area contributed by atoms with Crippen molar-refractivity contribution < 1.29 is 23.1 Å². The summed E-state index contributed by atoms with van der Waals surface area (Å²) < 4.78 is 26.4. The number of hydrogen-bond donors (Lipinski definition) is 2. The van der Waals surface area contributed by atoms with Crippen LogP contribution in [0.2, 0.25) is 0 Å². The number of carboxylic acids is 1. The zero-order valence-corrected chi connectivity index (χ0v) is 16.1. The smallest absolute Gasteiger partial charge is 0.304 e. The molecule has 1 heterocycles. The third-order valence-corrected chi connectivity index (χ3v) is 5.61. The topological polar surface area (TPSA) is 113 Å². The van der Waals surface area contributed by atoms with Crippen molar-refractivity contribution in [1.29, 1.82) is 0 Å². The molecular weight excluding hydrogens is 392 g/mol. The Bertz CT molecular complexity index is 1190. The molecule has 2 aromatic carbocycles. The Balaban J connectivity index is 1.69. The molecule has 0 saturated heterocycles. The van der Waals surface area contributed by atoms with Crippen molar-refractivity contribution in [3.63, 3.8) is 0 Å². The maximum atomic E-state index is 12.4. The van der Waals surface area contributed by atoms with Gasteiger partial charge in [-0.05, 0) is 54.1 Å². The number of sulfonamides is 1. The fourth-order valence-electron chi connectivity index (χ4n) is 2.64. The van der Waals surface area contributed by atoms with Crippen LogP contribution in [-0.4, -0.2) is 36.8 Å². The summed E-state index contributed by atoms with van der Waals surface area (Å²) in [5.41, 5.74) is 2.05. The van der Waals surface area contributed by atoms with E-state index < -0.39 is 16.0 Å². The molecule has 0 bridgehead atoms. The lowest BCUT2D eigenvalue weighted by Crippen LogP contribution is -2.26. The molecule has 29 heavy (non-hydrogen) atoms. The van der Waals surface area contributed by atoms with Gasteiger partial charge in [-0.1, -0.05) is 18.2 Å². The van der Waals surface area contributed by atoms with Crippen LogP contribution in [0, 0.1) is 0 Å². The molecule has 2 N–H and O–H groups in total. The first-order chi connectivity index (χ1) is 13.8. The molecule has 0 aliphatic carbocycles. The molecule has 0 radical (unpaired) electrons. The second-order valence-electron chi connectivity index (χ2n) is 6.22. The van der Waals surface area contributed by atoms with Crippen molar-refractivity contribution in [3.05, 3.63) is 78.0 Å². The molecule has 0 amide bonds. The maximum Gasteiger partial charge on any atom is 0.304 e. The first-order valence-corrected chi connectivity index (χ1v) is 10.2. The summed E-state index contributed by atoms with van der Waals surface area (Å²) in [6.07, 6.45) is 4.51. The first-order valence-electron chi connectivity index (χ1n) is 8.74. The van der Waals surface area contributed by atoms with Crippen LogP contribution in [0.5, 0.6) is 0 Å². The van der Waals surface area contributed by atoms with Crippen LogP contribution in [0.4, 0.5) is 0 Å². The van der Waals surface area contributed by atoms with E-state index in [2.05, 4.69) is 9.71 Å². The van der Waals surface area contributed by atoms with E-state index in [0.29, 0.717) is 5.56 Å². The van der Waals surface area contributed by atoms with Crippen molar-refractivity contribution >= 4 is 38.8 Å². The maximum absolute atomic E-state index is 12.4. The van der Waals surface area contributed by atoms with Crippen molar-refractivity contribution in [2.45, 2.75) is 11.3 Å². The van der Waals surface area contributed by atoms with Gasteiger partial charge in [0.05, 0.1) is 16.8 Å². The van der Waals surface area contributed by atoms with Crippen LogP contribution in [0.15, 0.2) is 71.8 Å². The third kappa shape index (κ3) is 5.34. The standard InChI is InChI=1S/C21H18N2O5S/c24-20(10-4-15-3-9-19-17(14-15)2-1-12-22-19)16-5-7-18(8-6-16)29(27,28)23-13-11-21(25)26/h1-10,12,14,23H,11,13H2,(H,25,26)/b10-4+. The number of nitrogens with one attached hydrogen (secondary N) is 1. The van der Waals surface area contributed by atoms with E-state index in [0.717, 1.165) is 16.5 Å². The molecule has 0 spiro atoms. The minimum Gasteiger partial charge on any atom is -0.481 e. The summed E-state index contributed by atoms with van der Waals surface area (Å²) >= 11 is 0. The molecule has 0 fully saturated rings. The summed E-state index contributed by atoms with van der Waals surface area (Å²) in [5.74, 6) is -1.36.